The Morgan fingerprint density at radius 1 is 1.25 bits per heavy atom. The SMILES string of the molecule is CCNCc1sccc1S(=O)(=O)NC(C)C(CC)CC. The van der Waals surface area contributed by atoms with Crippen LogP contribution in [0.2, 0.25) is 0 Å². The van der Waals surface area contributed by atoms with E-state index in [9.17, 15) is 8.42 Å². The summed E-state index contributed by atoms with van der Waals surface area (Å²) in [6.45, 7) is 9.58. The van der Waals surface area contributed by atoms with Crippen molar-refractivity contribution in [3.8, 4) is 0 Å². The molecule has 0 aliphatic heterocycles. The van der Waals surface area contributed by atoms with Gasteiger partial charge in [0.25, 0.3) is 0 Å². The molecule has 4 nitrogen and oxygen atoms in total. The molecule has 1 aromatic rings. The summed E-state index contributed by atoms with van der Waals surface area (Å²) in [5.41, 5.74) is 0. The molecule has 0 fully saturated rings. The van der Waals surface area contributed by atoms with Crippen LogP contribution in [0.5, 0.6) is 0 Å². The van der Waals surface area contributed by atoms with Crippen molar-refractivity contribution in [3.05, 3.63) is 16.3 Å². The van der Waals surface area contributed by atoms with Crippen LogP contribution in [-0.2, 0) is 16.6 Å². The van der Waals surface area contributed by atoms with E-state index in [1.165, 1.54) is 11.3 Å². The molecule has 0 aliphatic carbocycles. The van der Waals surface area contributed by atoms with E-state index in [4.69, 9.17) is 0 Å². The molecule has 0 bridgehead atoms. The third kappa shape index (κ3) is 4.55. The molecule has 20 heavy (non-hydrogen) atoms. The molecule has 0 aliphatic rings. The van der Waals surface area contributed by atoms with Crippen LogP contribution < -0.4 is 10.0 Å². The van der Waals surface area contributed by atoms with Crippen molar-refractivity contribution >= 4 is 21.4 Å². The van der Waals surface area contributed by atoms with Crippen LogP contribution in [0.3, 0.4) is 0 Å². The van der Waals surface area contributed by atoms with Gasteiger partial charge in [-0.25, -0.2) is 13.1 Å². The van der Waals surface area contributed by atoms with E-state index in [1.807, 2.05) is 19.2 Å². The van der Waals surface area contributed by atoms with Crippen molar-refractivity contribution in [1.29, 1.82) is 0 Å². The van der Waals surface area contributed by atoms with Crippen LogP contribution in [0, 0.1) is 5.92 Å². The van der Waals surface area contributed by atoms with Crippen molar-refractivity contribution in [3.63, 3.8) is 0 Å². The Labute approximate surface area is 127 Å². The molecule has 0 saturated carbocycles. The molecule has 2 N–H and O–H groups in total. The largest absolute Gasteiger partial charge is 0.312 e. The maximum atomic E-state index is 12.5. The molecule has 0 saturated heterocycles. The van der Waals surface area contributed by atoms with Gasteiger partial charge in [-0.05, 0) is 30.8 Å². The standard InChI is InChI=1S/C14H26N2O2S2/c1-5-12(6-2)11(4)16-20(17,18)14-8-9-19-13(14)10-15-7-3/h8-9,11-12,15-16H,5-7,10H2,1-4H3. The highest BCUT2D eigenvalue weighted by Gasteiger charge is 2.24. The third-order valence-electron chi connectivity index (χ3n) is 3.63. The maximum Gasteiger partial charge on any atom is 0.241 e. The molecule has 0 spiro atoms. The minimum absolute atomic E-state index is 0.0399. The van der Waals surface area contributed by atoms with E-state index in [0.717, 1.165) is 24.3 Å². The van der Waals surface area contributed by atoms with Crippen LogP contribution in [-0.4, -0.2) is 21.0 Å². The van der Waals surface area contributed by atoms with Gasteiger partial charge >= 0.3 is 0 Å². The first-order valence-electron chi connectivity index (χ1n) is 7.25. The smallest absolute Gasteiger partial charge is 0.241 e. The second kappa shape index (κ2) is 8.12. The van der Waals surface area contributed by atoms with E-state index in [-0.39, 0.29) is 6.04 Å². The summed E-state index contributed by atoms with van der Waals surface area (Å²) in [6.07, 6.45) is 1.96. The van der Waals surface area contributed by atoms with Crippen molar-refractivity contribution in [2.45, 2.75) is 58.0 Å². The zero-order chi connectivity index (χ0) is 15.2. The van der Waals surface area contributed by atoms with Gasteiger partial charge in [0.05, 0.1) is 4.90 Å². The van der Waals surface area contributed by atoms with E-state index >= 15 is 0 Å². The van der Waals surface area contributed by atoms with Gasteiger partial charge in [0.15, 0.2) is 0 Å². The summed E-state index contributed by atoms with van der Waals surface area (Å²) >= 11 is 1.48. The van der Waals surface area contributed by atoms with Gasteiger partial charge in [0, 0.05) is 17.5 Å². The highest BCUT2D eigenvalue weighted by molar-refractivity contribution is 7.89. The van der Waals surface area contributed by atoms with Crippen molar-refractivity contribution in [2.24, 2.45) is 5.92 Å². The topological polar surface area (TPSA) is 58.2 Å². The first kappa shape index (κ1) is 17.6. The fourth-order valence-electron chi connectivity index (χ4n) is 2.34. The second-order valence-corrected chi connectivity index (χ2v) is 7.66. The lowest BCUT2D eigenvalue weighted by Gasteiger charge is -2.22. The van der Waals surface area contributed by atoms with Crippen LogP contribution in [0.25, 0.3) is 0 Å². The minimum atomic E-state index is -3.42. The predicted octanol–water partition coefficient (Wildman–Crippen LogP) is 2.96. The van der Waals surface area contributed by atoms with E-state index in [0.29, 0.717) is 17.4 Å². The summed E-state index contributed by atoms with van der Waals surface area (Å²) in [5.74, 6) is 0.376. The Morgan fingerprint density at radius 2 is 1.90 bits per heavy atom. The molecular weight excluding hydrogens is 292 g/mol. The summed E-state index contributed by atoms with van der Waals surface area (Å²) < 4.78 is 27.8. The molecule has 0 amide bonds. The Balaban J connectivity index is 2.86. The zero-order valence-electron chi connectivity index (χ0n) is 12.8. The number of nitrogens with one attached hydrogen (secondary N) is 2. The molecule has 1 rings (SSSR count). The Bertz CT molecular complexity index is 493. The van der Waals surface area contributed by atoms with Gasteiger partial charge in [-0.2, -0.15) is 0 Å². The molecule has 0 radical (unpaired) electrons. The molecular formula is C14H26N2O2S2. The Kier molecular flexibility index (Phi) is 7.15. The highest BCUT2D eigenvalue weighted by atomic mass is 32.2. The molecule has 0 aromatic carbocycles. The van der Waals surface area contributed by atoms with E-state index in [2.05, 4.69) is 23.9 Å². The second-order valence-electron chi connectivity index (χ2n) is 4.97. The van der Waals surface area contributed by atoms with Gasteiger partial charge < -0.3 is 5.32 Å². The fraction of sp³-hybridized carbons (Fsp3) is 0.714. The Hall–Kier alpha value is -0.430. The average molecular weight is 319 g/mol. The maximum absolute atomic E-state index is 12.5. The number of rotatable bonds is 9. The van der Waals surface area contributed by atoms with Gasteiger partial charge in [0.1, 0.15) is 0 Å². The molecule has 1 unspecified atom stereocenters. The minimum Gasteiger partial charge on any atom is -0.312 e. The van der Waals surface area contributed by atoms with Crippen molar-refractivity contribution < 1.29 is 8.42 Å². The molecule has 1 heterocycles. The van der Waals surface area contributed by atoms with Crippen LogP contribution in [0.1, 0.15) is 45.4 Å². The molecule has 116 valence electrons. The van der Waals surface area contributed by atoms with Crippen LogP contribution >= 0.6 is 11.3 Å². The predicted molar refractivity (Wildman–Crippen MR) is 85.6 cm³/mol. The Morgan fingerprint density at radius 3 is 2.45 bits per heavy atom. The average Bonchev–Trinajstić information content (AvgIpc) is 2.86. The summed E-state index contributed by atoms with van der Waals surface area (Å²) in [6, 6.07) is 1.65. The lowest BCUT2D eigenvalue weighted by atomic mass is 9.96. The normalized spacial score (nSPS) is 13.8. The number of hydrogen-bond acceptors (Lipinski definition) is 4. The van der Waals surface area contributed by atoms with Crippen molar-refractivity contribution in [2.75, 3.05) is 6.54 Å². The van der Waals surface area contributed by atoms with Crippen LogP contribution in [0.15, 0.2) is 16.3 Å². The quantitative estimate of drug-likeness (QED) is 0.736. The summed E-state index contributed by atoms with van der Waals surface area (Å²) in [7, 11) is -3.42. The number of hydrogen-bond donors (Lipinski definition) is 2. The highest BCUT2D eigenvalue weighted by Crippen LogP contribution is 2.23. The summed E-state index contributed by atoms with van der Waals surface area (Å²) in [4.78, 5) is 1.29. The van der Waals surface area contributed by atoms with E-state index in [1.54, 1.807) is 6.07 Å². The number of thiophene rings is 1. The lowest BCUT2D eigenvalue weighted by Crippen LogP contribution is -2.38. The van der Waals surface area contributed by atoms with Crippen LogP contribution in [0.4, 0.5) is 0 Å². The zero-order valence-corrected chi connectivity index (χ0v) is 14.4. The van der Waals surface area contributed by atoms with Gasteiger partial charge in [0.2, 0.25) is 10.0 Å². The first-order valence-corrected chi connectivity index (χ1v) is 9.61. The van der Waals surface area contributed by atoms with Gasteiger partial charge in [-0.1, -0.05) is 33.6 Å². The van der Waals surface area contributed by atoms with Gasteiger partial charge in [-0.3, -0.25) is 0 Å². The summed E-state index contributed by atoms with van der Waals surface area (Å²) in [5, 5.41) is 5.02. The molecule has 1 aromatic heterocycles. The van der Waals surface area contributed by atoms with E-state index < -0.39 is 10.0 Å². The molecule has 1 atom stereocenters. The number of sulfonamides is 1. The fourth-order valence-corrected chi connectivity index (χ4v) is 5.06. The lowest BCUT2D eigenvalue weighted by molar-refractivity contribution is 0.390. The monoisotopic (exact) mass is 318 g/mol. The third-order valence-corrected chi connectivity index (χ3v) is 6.32. The molecule has 6 heteroatoms. The first-order chi connectivity index (χ1) is 9.46. The van der Waals surface area contributed by atoms with Crippen molar-refractivity contribution in [1.82, 2.24) is 10.0 Å². The van der Waals surface area contributed by atoms with Gasteiger partial charge in [-0.15, -0.1) is 11.3 Å².